The van der Waals surface area contributed by atoms with E-state index in [4.69, 9.17) is 0 Å². The summed E-state index contributed by atoms with van der Waals surface area (Å²) < 4.78 is 0. The van der Waals surface area contributed by atoms with Crippen LogP contribution in [0.1, 0.15) is 5.69 Å². The molecule has 8 heteroatoms. The van der Waals surface area contributed by atoms with Crippen molar-refractivity contribution in [2.75, 3.05) is 44.9 Å². The van der Waals surface area contributed by atoms with Gasteiger partial charge in [0.2, 0.25) is 11.8 Å². The van der Waals surface area contributed by atoms with Crippen molar-refractivity contribution in [1.82, 2.24) is 14.9 Å². The molecule has 0 radical (unpaired) electrons. The predicted octanol–water partition coefficient (Wildman–Crippen LogP) is 0.708. The summed E-state index contributed by atoms with van der Waals surface area (Å²) in [6.07, 6.45) is 0. The number of aromatic nitrogens is 2. The van der Waals surface area contributed by atoms with Gasteiger partial charge in [0.05, 0.1) is 4.92 Å². The molecule has 100 valence electrons. The van der Waals surface area contributed by atoms with Gasteiger partial charge < -0.3 is 15.5 Å². The average Bonchev–Trinajstić information content (AvgIpc) is 2.27. The summed E-state index contributed by atoms with van der Waals surface area (Å²) in [7, 11) is 5.53. The van der Waals surface area contributed by atoms with Gasteiger partial charge in [-0.1, -0.05) is 0 Å². The molecule has 0 bridgehead atoms. The summed E-state index contributed by atoms with van der Waals surface area (Å²) in [5, 5.41) is 16.7. The lowest BCUT2D eigenvalue weighted by molar-refractivity contribution is -0.385. The zero-order chi connectivity index (χ0) is 13.7. The van der Waals surface area contributed by atoms with E-state index in [0.717, 1.165) is 6.54 Å². The molecule has 0 saturated heterocycles. The number of nitrogens with zero attached hydrogens (tertiary/aromatic N) is 4. The number of nitro groups is 1. The van der Waals surface area contributed by atoms with E-state index in [1.807, 2.05) is 19.0 Å². The van der Waals surface area contributed by atoms with Gasteiger partial charge in [-0.2, -0.15) is 4.98 Å². The Balaban J connectivity index is 2.98. The quantitative estimate of drug-likeness (QED) is 0.570. The normalized spacial score (nSPS) is 10.5. The van der Waals surface area contributed by atoms with Crippen molar-refractivity contribution in [1.29, 1.82) is 0 Å². The van der Waals surface area contributed by atoms with Crippen LogP contribution in [0.15, 0.2) is 0 Å². The van der Waals surface area contributed by atoms with Crippen LogP contribution >= 0.6 is 0 Å². The predicted molar refractivity (Wildman–Crippen MR) is 70.0 cm³/mol. The van der Waals surface area contributed by atoms with Gasteiger partial charge in [0, 0.05) is 20.1 Å². The molecule has 1 aromatic rings. The van der Waals surface area contributed by atoms with Gasteiger partial charge in [0.25, 0.3) is 0 Å². The lowest BCUT2D eigenvalue weighted by atomic mass is 10.3. The van der Waals surface area contributed by atoms with Gasteiger partial charge in [0.15, 0.2) is 0 Å². The third-order valence-corrected chi connectivity index (χ3v) is 2.32. The molecule has 0 fully saturated rings. The number of rotatable bonds is 6. The van der Waals surface area contributed by atoms with E-state index in [-0.39, 0.29) is 11.5 Å². The zero-order valence-corrected chi connectivity index (χ0v) is 11.0. The van der Waals surface area contributed by atoms with Crippen LogP contribution in [0.4, 0.5) is 17.5 Å². The molecule has 0 unspecified atom stereocenters. The molecule has 0 saturated carbocycles. The topological polar surface area (TPSA) is 96.2 Å². The molecule has 0 aromatic carbocycles. The molecule has 2 N–H and O–H groups in total. The van der Waals surface area contributed by atoms with Gasteiger partial charge in [-0.3, -0.25) is 10.1 Å². The fourth-order valence-corrected chi connectivity index (χ4v) is 1.42. The number of aryl methyl sites for hydroxylation is 1. The van der Waals surface area contributed by atoms with E-state index in [1.54, 1.807) is 14.0 Å². The Hall–Kier alpha value is -1.96. The van der Waals surface area contributed by atoms with Crippen molar-refractivity contribution in [2.24, 2.45) is 0 Å². The largest absolute Gasteiger partial charge is 0.363 e. The third-order valence-electron chi connectivity index (χ3n) is 2.32. The second-order valence-corrected chi connectivity index (χ2v) is 4.07. The van der Waals surface area contributed by atoms with Gasteiger partial charge in [-0.25, -0.2) is 4.98 Å². The summed E-state index contributed by atoms with van der Waals surface area (Å²) in [4.78, 5) is 20.6. The number of anilines is 2. The first-order valence-electron chi connectivity index (χ1n) is 5.55. The summed E-state index contributed by atoms with van der Waals surface area (Å²) in [6, 6.07) is 0. The molecule has 0 aliphatic rings. The van der Waals surface area contributed by atoms with Crippen molar-refractivity contribution in [3.05, 3.63) is 15.8 Å². The highest BCUT2D eigenvalue weighted by Crippen LogP contribution is 2.26. The molecule has 1 heterocycles. The summed E-state index contributed by atoms with van der Waals surface area (Å²) in [5.74, 6) is 0.615. The Morgan fingerprint density at radius 2 is 2.06 bits per heavy atom. The van der Waals surface area contributed by atoms with Crippen molar-refractivity contribution in [2.45, 2.75) is 6.92 Å². The van der Waals surface area contributed by atoms with Crippen LogP contribution in [0.5, 0.6) is 0 Å². The van der Waals surface area contributed by atoms with E-state index in [1.165, 1.54) is 0 Å². The minimum atomic E-state index is -0.466. The molecule has 1 aromatic heterocycles. The molecule has 0 atom stereocenters. The summed E-state index contributed by atoms with van der Waals surface area (Å²) in [5.41, 5.74) is 0.263. The summed E-state index contributed by atoms with van der Waals surface area (Å²) in [6.45, 7) is 2.93. The van der Waals surface area contributed by atoms with Crippen LogP contribution in [0.2, 0.25) is 0 Å². The smallest absolute Gasteiger partial charge is 0.332 e. The Morgan fingerprint density at radius 1 is 1.39 bits per heavy atom. The molecule has 1 rings (SSSR count). The van der Waals surface area contributed by atoms with Crippen molar-refractivity contribution < 1.29 is 4.92 Å². The highest BCUT2D eigenvalue weighted by Gasteiger charge is 2.21. The van der Waals surface area contributed by atoms with Crippen LogP contribution in [0.25, 0.3) is 0 Å². The molecule has 0 aliphatic heterocycles. The first-order valence-corrected chi connectivity index (χ1v) is 5.55. The van der Waals surface area contributed by atoms with Crippen LogP contribution < -0.4 is 10.6 Å². The number of hydrogen-bond donors (Lipinski definition) is 2. The second-order valence-electron chi connectivity index (χ2n) is 4.07. The Bertz CT molecular complexity index is 435. The summed E-state index contributed by atoms with van der Waals surface area (Å²) >= 11 is 0. The molecule has 18 heavy (non-hydrogen) atoms. The van der Waals surface area contributed by atoms with E-state index in [9.17, 15) is 10.1 Å². The standard InChI is InChI=1S/C10H18N6O2/c1-7-8(16(17)18)9(12-5-6-15(3)4)14-10(11-2)13-7/h5-6H2,1-4H3,(H2,11,12,13,14). The van der Waals surface area contributed by atoms with Gasteiger partial charge in [-0.15, -0.1) is 0 Å². The number of likely N-dealkylation sites (N-methyl/N-ethyl adjacent to an activating group) is 1. The maximum atomic E-state index is 11.0. The highest BCUT2D eigenvalue weighted by atomic mass is 16.6. The first-order chi connectivity index (χ1) is 8.45. The Morgan fingerprint density at radius 3 is 2.56 bits per heavy atom. The van der Waals surface area contributed by atoms with Gasteiger partial charge >= 0.3 is 5.69 Å². The minimum Gasteiger partial charge on any atom is -0.363 e. The monoisotopic (exact) mass is 254 g/mol. The molecule has 0 spiro atoms. The lowest BCUT2D eigenvalue weighted by Gasteiger charge is -2.12. The minimum absolute atomic E-state index is 0.0762. The van der Waals surface area contributed by atoms with Gasteiger partial charge in [0.1, 0.15) is 5.69 Å². The fraction of sp³-hybridized carbons (Fsp3) is 0.600. The Labute approximate surface area is 106 Å². The van der Waals surface area contributed by atoms with Crippen LogP contribution in [-0.4, -0.2) is 54.0 Å². The third kappa shape index (κ3) is 3.52. The molecule has 0 aliphatic carbocycles. The number of nitrogens with one attached hydrogen (secondary N) is 2. The molecular weight excluding hydrogens is 236 g/mol. The highest BCUT2D eigenvalue weighted by molar-refractivity contribution is 5.60. The Kier molecular flexibility index (Phi) is 4.78. The van der Waals surface area contributed by atoms with Crippen LogP contribution in [0.3, 0.4) is 0 Å². The van der Waals surface area contributed by atoms with Crippen LogP contribution in [0, 0.1) is 17.0 Å². The maximum absolute atomic E-state index is 11.0. The maximum Gasteiger partial charge on any atom is 0.332 e. The van der Waals surface area contributed by atoms with Gasteiger partial charge in [-0.05, 0) is 21.0 Å². The molecule has 8 nitrogen and oxygen atoms in total. The van der Waals surface area contributed by atoms with E-state index in [0.29, 0.717) is 18.2 Å². The lowest BCUT2D eigenvalue weighted by Crippen LogP contribution is -2.22. The van der Waals surface area contributed by atoms with Crippen molar-refractivity contribution in [3.63, 3.8) is 0 Å². The molecule has 0 amide bonds. The zero-order valence-electron chi connectivity index (χ0n) is 11.0. The fourth-order valence-electron chi connectivity index (χ4n) is 1.42. The first kappa shape index (κ1) is 14.1. The van der Waals surface area contributed by atoms with Crippen molar-refractivity contribution >= 4 is 17.5 Å². The van der Waals surface area contributed by atoms with Crippen molar-refractivity contribution in [3.8, 4) is 0 Å². The van der Waals surface area contributed by atoms with E-state index >= 15 is 0 Å². The SMILES string of the molecule is CNc1nc(C)c([N+](=O)[O-])c(NCCN(C)C)n1. The van der Waals surface area contributed by atoms with E-state index in [2.05, 4.69) is 20.6 Å². The molecular formula is C10H18N6O2. The van der Waals surface area contributed by atoms with Crippen LogP contribution in [-0.2, 0) is 0 Å². The average molecular weight is 254 g/mol. The number of hydrogen-bond acceptors (Lipinski definition) is 7. The van der Waals surface area contributed by atoms with E-state index < -0.39 is 4.92 Å². The second kappa shape index (κ2) is 6.10.